The lowest BCUT2D eigenvalue weighted by atomic mass is 9.94. The summed E-state index contributed by atoms with van der Waals surface area (Å²) in [7, 11) is 0. The third kappa shape index (κ3) is 4.38. The van der Waals surface area contributed by atoms with Gasteiger partial charge in [0.1, 0.15) is 6.54 Å². The van der Waals surface area contributed by atoms with E-state index in [0.29, 0.717) is 6.04 Å². The molecule has 0 unspecified atom stereocenters. The highest BCUT2D eigenvalue weighted by molar-refractivity contribution is 7.13. The Morgan fingerprint density at radius 1 is 1.08 bits per heavy atom. The largest absolute Gasteiger partial charge is 0.352 e. The van der Waals surface area contributed by atoms with Gasteiger partial charge in [-0.1, -0.05) is 32.1 Å². The number of rotatable bonds is 5. The van der Waals surface area contributed by atoms with Crippen molar-refractivity contribution in [3.8, 4) is 0 Å². The minimum absolute atomic E-state index is 0.00843. The molecule has 132 valence electrons. The quantitative estimate of drug-likeness (QED) is 0.877. The van der Waals surface area contributed by atoms with Crippen molar-refractivity contribution in [1.82, 2.24) is 10.2 Å². The second-order valence-electron chi connectivity index (χ2n) is 7.18. The molecule has 2 saturated carbocycles. The second kappa shape index (κ2) is 8.15. The summed E-state index contributed by atoms with van der Waals surface area (Å²) >= 11 is 1.53. The molecule has 5 heteroatoms. The average molecular weight is 349 g/mol. The Bertz CT molecular complexity index is 572. The second-order valence-corrected chi connectivity index (χ2v) is 8.47. The number of hydrogen-bond acceptors (Lipinski definition) is 3. The van der Waals surface area contributed by atoms with Crippen LogP contribution in [0, 0.1) is 6.92 Å². The molecular formula is C19H28N2O2S. The molecule has 0 saturated heterocycles. The molecule has 2 aliphatic carbocycles. The van der Waals surface area contributed by atoms with Gasteiger partial charge in [0.25, 0.3) is 5.91 Å². The van der Waals surface area contributed by atoms with E-state index in [-0.39, 0.29) is 24.4 Å². The van der Waals surface area contributed by atoms with Gasteiger partial charge in [0, 0.05) is 17.0 Å². The van der Waals surface area contributed by atoms with Gasteiger partial charge in [0.05, 0.1) is 4.88 Å². The maximum Gasteiger partial charge on any atom is 0.264 e. The molecular weight excluding hydrogens is 320 g/mol. The van der Waals surface area contributed by atoms with Gasteiger partial charge in [-0.15, -0.1) is 11.3 Å². The van der Waals surface area contributed by atoms with Crippen molar-refractivity contribution in [3.63, 3.8) is 0 Å². The molecule has 3 rings (SSSR count). The molecule has 0 atom stereocenters. The van der Waals surface area contributed by atoms with Crippen molar-refractivity contribution in [3.05, 3.63) is 21.9 Å². The standard InChI is InChI=1S/C19H28N2O2S/c1-14-11-12-17(24-14)19(23)21(16-9-3-2-4-10-16)13-18(22)20-15-7-5-6-8-15/h11-12,15-16H,2-10,13H2,1H3,(H,20,22). The van der Waals surface area contributed by atoms with Crippen LogP contribution in [-0.2, 0) is 4.79 Å². The summed E-state index contributed by atoms with van der Waals surface area (Å²) < 4.78 is 0. The van der Waals surface area contributed by atoms with Gasteiger partial charge in [0.2, 0.25) is 5.91 Å². The molecule has 0 bridgehead atoms. The fourth-order valence-electron chi connectivity index (χ4n) is 3.95. The van der Waals surface area contributed by atoms with E-state index < -0.39 is 0 Å². The molecule has 0 aromatic carbocycles. The Kier molecular flexibility index (Phi) is 5.93. The smallest absolute Gasteiger partial charge is 0.264 e. The zero-order valence-corrected chi connectivity index (χ0v) is 15.4. The summed E-state index contributed by atoms with van der Waals surface area (Å²) in [6.45, 7) is 2.22. The number of carbonyl (C=O) groups excluding carboxylic acids is 2. The van der Waals surface area contributed by atoms with Crippen molar-refractivity contribution in [2.24, 2.45) is 0 Å². The minimum Gasteiger partial charge on any atom is -0.352 e. The Hall–Kier alpha value is -1.36. The third-order valence-corrected chi connectivity index (χ3v) is 6.25. The summed E-state index contributed by atoms with van der Waals surface area (Å²) in [6.07, 6.45) is 10.1. The molecule has 1 heterocycles. The van der Waals surface area contributed by atoms with Gasteiger partial charge in [-0.3, -0.25) is 9.59 Å². The highest BCUT2D eigenvalue weighted by Crippen LogP contribution is 2.26. The highest BCUT2D eigenvalue weighted by atomic mass is 32.1. The summed E-state index contributed by atoms with van der Waals surface area (Å²) in [5.41, 5.74) is 0. The van der Waals surface area contributed by atoms with Gasteiger partial charge < -0.3 is 10.2 Å². The Balaban J connectivity index is 1.68. The predicted octanol–water partition coefficient (Wildman–Crippen LogP) is 3.89. The molecule has 1 aromatic rings. The lowest BCUT2D eigenvalue weighted by molar-refractivity contribution is -0.123. The highest BCUT2D eigenvalue weighted by Gasteiger charge is 2.29. The molecule has 4 nitrogen and oxygen atoms in total. The minimum atomic E-state index is 0.00843. The lowest BCUT2D eigenvalue weighted by Gasteiger charge is -2.34. The monoisotopic (exact) mass is 348 g/mol. The number of amides is 2. The molecule has 1 N–H and O–H groups in total. The van der Waals surface area contributed by atoms with E-state index in [0.717, 1.165) is 48.3 Å². The summed E-state index contributed by atoms with van der Waals surface area (Å²) in [6, 6.07) is 4.40. The van der Waals surface area contributed by atoms with Crippen LogP contribution in [-0.4, -0.2) is 35.3 Å². The van der Waals surface area contributed by atoms with Gasteiger partial charge in [0.15, 0.2) is 0 Å². The maximum atomic E-state index is 13.0. The first kappa shape index (κ1) is 17.5. The first-order valence-electron chi connectivity index (χ1n) is 9.30. The molecule has 2 fully saturated rings. The molecule has 0 radical (unpaired) electrons. The van der Waals surface area contributed by atoms with Crippen LogP contribution in [0.2, 0.25) is 0 Å². The van der Waals surface area contributed by atoms with E-state index >= 15 is 0 Å². The maximum absolute atomic E-state index is 13.0. The van der Waals surface area contributed by atoms with Crippen LogP contribution < -0.4 is 5.32 Å². The van der Waals surface area contributed by atoms with Crippen LogP contribution >= 0.6 is 11.3 Å². The Morgan fingerprint density at radius 2 is 1.75 bits per heavy atom. The van der Waals surface area contributed by atoms with Crippen molar-refractivity contribution in [1.29, 1.82) is 0 Å². The van der Waals surface area contributed by atoms with Crippen LogP contribution in [0.1, 0.15) is 72.3 Å². The van der Waals surface area contributed by atoms with Gasteiger partial charge in [-0.2, -0.15) is 0 Å². The normalized spacial score (nSPS) is 19.4. The summed E-state index contributed by atoms with van der Waals surface area (Å²) in [4.78, 5) is 29.2. The van der Waals surface area contributed by atoms with Crippen LogP contribution in [0.3, 0.4) is 0 Å². The topological polar surface area (TPSA) is 49.4 Å². The number of hydrogen-bond donors (Lipinski definition) is 1. The van der Waals surface area contributed by atoms with Crippen molar-refractivity contribution < 1.29 is 9.59 Å². The van der Waals surface area contributed by atoms with Gasteiger partial charge >= 0.3 is 0 Å². The number of nitrogens with one attached hydrogen (secondary N) is 1. The fraction of sp³-hybridized carbons (Fsp3) is 0.684. The zero-order valence-electron chi connectivity index (χ0n) is 14.6. The van der Waals surface area contributed by atoms with Crippen LogP contribution in [0.4, 0.5) is 0 Å². The summed E-state index contributed by atoms with van der Waals surface area (Å²) in [5, 5.41) is 3.13. The van der Waals surface area contributed by atoms with Crippen molar-refractivity contribution in [2.45, 2.75) is 76.8 Å². The number of aryl methyl sites for hydroxylation is 1. The van der Waals surface area contributed by atoms with Gasteiger partial charge in [-0.05, 0) is 44.7 Å². The van der Waals surface area contributed by atoms with E-state index in [2.05, 4.69) is 5.32 Å². The lowest BCUT2D eigenvalue weighted by Crippen LogP contribution is -2.48. The Morgan fingerprint density at radius 3 is 2.38 bits per heavy atom. The van der Waals surface area contributed by atoms with Crippen LogP contribution in [0.5, 0.6) is 0 Å². The van der Waals surface area contributed by atoms with Crippen LogP contribution in [0.15, 0.2) is 12.1 Å². The number of thiophene rings is 1. The average Bonchev–Trinajstić information content (AvgIpc) is 3.24. The van der Waals surface area contributed by atoms with E-state index in [1.807, 2.05) is 24.0 Å². The molecule has 0 aliphatic heterocycles. The number of nitrogens with zero attached hydrogens (tertiary/aromatic N) is 1. The zero-order chi connectivity index (χ0) is 16.9. The first-order chi connectivity index (χ1) is 11.6. The SMILES string of the molecule is Cc1ccc(C(=O)N(CC(=O)NC2CCCC2)C2CCCCC2)s1. The molecule has 2 amide bonds. The van der Waals surface area contributed by atoms with E-state index in [9.17, 15) is 9.59 Å². The van der Waals surface area contributed by atoms with Crippen LogP contribution in [0.25, 0.3) is 0 Å². The van der Waals surface area contributed by atoms with E-state index in [4.69, 9.17) is 0 Å². The predicted molar refractivity (Wildman–Crippen MR) is 97.4 cm³/mol. The van der Waals surface area contributed by atoms with E-state index in [1.165, 1.54) is 30.6 Å². The number of carbonyl (C=O) groups is 2. The molecule has 2 aliphatic rings. The van der Waals surface area contributed by atoms with Crippen molar-refractivity contribution >= 4 is 23.2 Å². The van der Waals surface area contributed by atoms with Crippen molar-refractivity contribution in [2.75, 3.05) is 6.54 Å². The Labute approximate surface area is 148 Å². The molecule has 1 aromatic heterocycles. The molecule has 0 spiro atoms. The molecule has 24 heavy (non-hydrogen) atoms. The fourth-order valence-corrected chi connectivity index (χ4v) is 4.77. The first-order valence-corrected chi connectivity index (χ1v) is 10.1. The summed E-state index contributed by atoms with van der Waals surface area (Å²) in [5.74, 6) is 0.0377. The van der Waals surface area contributed by atoms with E-state index in [1.54, 1.807) is 0 Å². The van der Waals surface area contributed by atoms with Gasteiger partial charge in [-0.25, -0.2) is 0 Å². The third-order valence-electron chi connectivity index (χ3n) is 5.26.